The van der Waals surface area contributed by atoms with Crippen molar-refractivity contribution in [1.29, 1.82) is 0 Å². The minimum Gasteiger partial charge on any atom is -0.465 e. The maximum Gasteiger partial charge on any atom is 0.251 e. The quantitative estimate of drug-likeness (QED) is 0.699. The third-order valence-corrected chi connectivity index (χ3v) is 5.04. The Hall–Kier alpha value is -3.19. The third kappa shape index (κ3) is 4.81. The van der Waals surface area contributed by atoms with Gasteiger partial charge in [-0.05, 0) is 37.3 Å². The summed E-state index contributed by atoms with van der Waals surface area (Å²) in [5.41, 5.74) is 1.90. The van der Waals surface area contributed by atoms with Gasteiger partial charge in [-0.3, -0.25) is 9.69 Å². The Bertz CT molecular complexity index is 976. The zero-order valence-electron chi connectivity index (χ0n) is 16.5. The molecule has 3 aromatic rings. The first-order valence-electron chi connectivity index (χ1n) is 9.86. The maximum absolute atomic E-state index is 12.3. The summed E-state index contributed by atoms with van der Waals surface area (Å²) in [5.74, 6) is 2.56. The van der Waals surface area contributed by atoms with Gasteiger partial charge in [-0.15, -0.1) is 10.2 Å². The number of benzene rings is 1. The molecule has 1 amide bonds. The summed E-state index contributed by atoms with van der Waals surface area (Å²) in [5, 5.41) is 11.6. The Morgan fingerprint density at radius 2 is 2.00 bits per heavy atom. The van der Waals surface area contributed by atoms with Crippen LogP contribution in [0.4, 0.5) is 0 Å². The van der Waals surface area contributed by atoms with Crippen LogP contribution in [0.1, 0.15) is 34.7 Å². The topological polar surface area (TPSA) is 76.2 Å². The molecule has 150 valence electrons. The van der Waals surface area contributed by atoms with Crippen LogP contribution in [0.2, 0.25) is 0 Å². The lowest BCUT2D eigenvalue weighted by Crippen LogP contribution is -2.29. The van der Waals surface area contributed by atoms with Gasteiger partial charge in [-0.1, -0.05) is 23.8 Å². The molecule has 29 heavy (non-hydrogen) atoms. The van der Waals surface area contributed by atoms with Crippen LogP contribution in [-0.2, 0) is 19.5 Å². The van der Waals surface area contributed by atoms with E-state index < -0.39 is 0 Å². The predicted molar refractivity (Wildman–Crippen MR) is 110 cm³/mol. The van der Waals surface area contributed by atoms with Gasteiger partial charge >= 0.3 is 0 Å². The van der Waals surface area contributed by atoms with Crippen molar-refractivity contribution in [2.24, 2.45) is 0 Å². The first-order valence-corrected chi connectivity index (χ1v) is 9.86. The highest BCUT2D eigenvalue weighted by molar-refractivity contribution is 5.93. The summed E-state index contributed by atoms with van der Waals surface area (Å²) in [6, 6.07) is 13.1. The second kappa shape index (κ2) is 8.87. The van der Waals surface area contributed by atoms with Gasteiger partial charge in [0, 0.05) is 38.2 Å². The van der Waals surface area contributed by atoms with Crippen LogP contribution in [-0.4, -0.2) is 45.2 Å². The van der Waals surface area contributed by atoms with E-state index in [1.54, 1.807) is 18.4 Å². The van der Waals surface area contributed by atoms with E-state index in [4.69, 9.17) is 4.42 Å². The Labute approximate surface area is 170 Å². The zero-order chi connectivity index (χ0) is 20.1. The van der Waals surface area contributed by atoms with Crippen LogP contribution < -0.4 is 5.32 Å². The SMILES string of the molecule is CC(=Cc1ccco1)CN1CCc2nnc(CNC(=O)c3ccccc3)n2CC1. The lowest BCUT2D eigenvalue weighted by atomic mass is 10.2. The average molecular weight is 391 g/mol. The second-order valence-electron chi connectivity index (χ2n) is 7.27. The van der Waals surface area contributed by atoms with E-state index in [1.807, 2.05) is 30.3 Å². The molecular weight excluding hydrogens is 366 g/mol. The van der Waals surface area contributed by atoms with Crippen molar-refractivity contribution in [3.8, 4) is 0 Å². The number of rotatable bonds is 6. The van der Waals surface area contributed by atoms with Crippen LogP contribution in [0.3, 0.4) is 0 Å². The Kier molecular flexibility index (Phi) is 5.86. The Morgan fingerprint density at radius 3 is 2.79 bits per heavy atom. The average Bonchev–Trinajstić information content (AvgIpc) is 3.34. The van der Waals surface area contributed by atoms with Gasteiger partial charge in [0.15, 0.2) is 5.82 Å². The van der Waals surface area contributed by atoms with Crippen LogP contribution in [0.25, 0.3) is 6.08 Å². The Balaban J connectivity index is 1.35. The number of aromatic nitrogens is 3. The summed E-state index contributed by atoms with van der Waals surface area (Å²) in [7, 11) is 0. The van der Waals surface area contributed by atoms with Crippen LogP contribution >= 0.6 is 0 Å². The van der Waals surface area contributed by atoms with Crippen molar-refractivity contribution >= 4 is 12.0 Å². The molecule has 0 saturated carbocycles. The van der Waals surface area contributed by atoms with Gasteiger partial charge in [-0.2, -0.15) is 0 Å². The highest BCUT2D eigenvalue weighted by Crippen LogP contribution is 2.13. The van der Waals surface area contributed by atoms with Gasteiger partial charge in [0.25, 0.3) is 5.91 Å². The van der Waals surface area contributed by atoms with Crippen LogP contribution in [0, 0.1) is 0 Å². The molecule has 7 nitrogen and oxygen atoms in total. The number of fused-ring (bicyclic) bond motifs is 1. The minimum atomic E-state index is -0.100. The standard InChI is InChI=1S/C22H25N5O2/c1-17(14-19-8-5-13-29-19)16-26-10-9-20-24-25-21(27(20)12-11-26)15-23-22(28)18-6-3-2-4-7-18/h2-8,13-14H,9-12,15-16H2,1H3,(H,23,28). The van der Waals surface area contributed by atoms with Gasteiger partial charge < -0.3 is 14.3 Å². The molecule has 0 spiro atoms. The fourth-order valence-electron chi connectivity index (χ4n) is 3.58. The Morgan fingerprint density at radius 1 is 1.14 bits per heavy atom. The van der Waals surface area contributed by atoms with Crippen LogP contribution in [0.15, 0.2) is 58.7 Å². The molecule has 1 aromatic carbocycles. The van der Waals surface area contributed by atoms with E-state index >= 15 is 0 Å². The fraction of sp³-hybridized carbons (Fsp3) is 0.318. The minimum absolute atomic E-state index is 0.100. The summed E-state index contributed by atoms with van der Waals surface area (Å²) < 4.78 is 7.53. The smallest absolute Gasteiger partial charge is 0.251 e. The summed E-state index contributed by atoms with van der Waals surface area (Å²) in [6.45, 7) is 6.04. The fourth-order valence-corrected chi connectivity index (χ4v) is 3.58. The van der Waals surface area contributed by atoms with E-state index in [9.17, 15) is 4.79 Å². The van der Waals surface area contributed by atoms with Gasteiger partial charge in [0.1, 0.15) is 11.6 Å². The molecule has 0 unspecified atom stereocenters. The van der Waals surface area contributed by atoms with E-state index in [-0.39, 0.29) is 5.91 Å². The molecule has 0 saturated heterocycles. The summed E-state index contributed by atoms with van der Waals surface area (Å²) >= 11 is 0. The van der Waals surface area contributed by atoms with E-state index in [0.717, 1.165) is 50.0 Å². The number of amides is 1. The number of nitrogens with zero attached hydrogens (tertiary/aromatic N) is 4. The van der Waals surface area contributed by atoms with E-state index in [2.05, 4.69) is 38.0 Å². The van der Waals surface area contributed by atoms with Crippen molar-refractivity contribution in [2.45, 2.75) is 26.4 Å². The molecule has 4 rings (SSSR count). The molecule has 0 atom stereocenters. The highest BCUT2D eigenvalue weighted by Gasteiger charge is 2.19. The number of carbonyl (C=O) groups is 1. The maximum atomic E-state index is 12.3. The normalized spacial score (nSPS) is 15.0. The first kappa shape index (κ1) is 19.1. The highest BCUT2D eigenvalue weighted by atomic mass is 16.3. The van der Waals surface area contributed by atoms with Gasteiger partial charge in [0.05, 0.1) is 12.8 Å². The summed E-state index contributed by atoms with van der Waals surface area (Å²) in [6.07, 6.45) is 4.61. The number of furan rings is 1. The molecule has 0 bridgehead atoms. The molecule has 1 aliphatic rings. The largest absolute Gasteiger partial charge is 0.465 e. The molecule has 0 aliphatic carbocycles. The number of nitrogens with one attached hydrogen (secondary N) is 1. The van der Waals surface area contributed by atoms with Gasteiger partial charge in [0.2, 0.25) is 0 Å². The van der Waals surface area contributed by atoms with E-state index in [0.29, 0.717) is 12.1 Å². The number of hydrogen-bond acceptors (Lipinski definition) is 5. The predicted octanol–water partition coefficient (Wildman–Crippen LogP) is 2.76. The van der Waals surface area contributed by atoms with Gasteiger partial charge in [-0.25, -0.2) is 0 Å². The number of carbonyl (C=O) groups excluding carboxylic acids is 1. The monoisotopic (exact) mass is 391 g/mol. The molecule has 2 aromatic heterocycles. The van der Waals surface area contributed by atoms with E-state index in [1.165, 1.54) is 5.57 Å². The van der Waals surface area contributed by atoms with Crippen molar-refractivity contribution in [3.63, 3.8) is 0 Å². The molecule has 0 fully saturated rings. The molecule has 7 heteroatoms. The lowest BCUT2D eigenvalue weighted by molar-refractivity contribution is 0.0949. The molecule has 1 N–H and O–H groups in total. The first-order chi connectivity index (χ1) is 14.2. The van der Waals surface area contributed by atoms with Crippen LogP contribution in [0.5, 0.6) is 0 Å². The lowest BCUT2D eigenvalue weighted by Gasteiger charge is -2.19. The second-order valence-corrected chi connectivity index (χ2v) is 7.27. The molecule has 3 heterocycles. The third-order valence-electron chi connectivity index (χ3n) is 5.04. The van der Waals surface area contributed by atoms with Crippen molar-refractivity contribution in [2.75, 3.05) is 19.6 Å². The molecule has 0 radical (unpaired) electrons. The molecule has 1 aliphatic heterocycles. The molecular formula is C22H25N5O2. The summed E-state index contributed by atoms with van der Waals surface area (Å²) in [4.78, 5) is 14.7. The van der Waals surface area contributed by atoms with Crippen molar-refractivity contribution < 1.29 is 9.21 Å². The zero-order valence-corrected chi connectivity index (χ0v) is 16.5. The van der Waals surface area contributed by atoms with Crippen molar-refractivity contribution in [3.05, 3.63) is 77.3 Å². The number of hydrogen-bond donors (Lipinski definition) is 1. The van der Waals surface area contributed by atoms with Crippen molar-refractivity contribution in [1.82, 2.24) is 25.0 Å².